The number of nitrogens with one attached hydrogen (secondary N) is 2. The van der Waals surface area contributed by atoms with Crippen LogP contribution in [0.2, 0.25) is 0 Å². The maximum Gasteiger partial charge on any atom is 0.314 e. The van der Waals surface area contributed by atoms with Crippen molar-refractivity contribution in [2.45, 2.75) is 33.1 Å². The standard InChI is InChI=1S/C14H23N3O3S/c1-10(2)7-11(8-13(18)19)9-17-14(20)16-4-3-12-15-5-6-21-12/h5-6,10-11H,3-4,7-9H2,1-2H3,(H,18,19)(H2,16,17,20)/t11-/m0/s1. The highest BCUT2D eigenvalue weighted by Gasteiger charge is 2.15. The number of urea groups is 1. The molecule has 1 aromatic rings. The molecule has 2 amide bonds. The third kappa shape index (κ3) is 8.29. The molecule has 1 rings (SSSR count). The number of thiazole rings is 1. The molecular weight excluding hydrogens is 290 g/mol. The van der Waals surface area contributed by atoms with E-state index in [0.29, 0.717) is 25.4 Å². The van der Waals surface area contributed by atoms with Gasteiger partial charge in [-0.15, -0.1) is 11.3 Å². The third-order valence-corrected chi connectivity index (χ3v) is 3.77. The van der Waals surface area contributed by atoms with E-state index in [1.807, 2.05) is 19.2 Å². The van der Waals surface area contributed by atoms with E-state index >= 15 is 0 Å². The predicted octanol–water partition coefficient (Wildman–Crippen LogP) is 2.12. The maximum absolute atomic E-state index is 11.7. The van der Waals surface area contributed by atoms with Gasteiger partial charge in [0.15, 0.2) is 0 Å². The number of aromatic nitrogens is 1. The molecule has 1 heterocycles. The number of rotatable bonds is 9. The zero-order valence-electron chi connectivity index (χ0n) is 12.5. The summed E-state index contributed by atoms with van der Waals surface area (Å²) in [6.45, 7) is 4.99. The Balaban J connectivity index is 2.23. The molecule has 3 N–H and O–H groups in total. The van der Waals surface area contributed by atoms with E-state index in [1.54, 1.807) is 17.5 Å². The van der Waals surface area contributed by atoms with Crippen molar-refractivity contribution in [3.05, 3.63) is 16.6 Å². The van der Waals surface area contributed by atoms with Crippen LogP contribution in [0.1, 0.15) is 31.7 Å². The van der Waals surface area contributed by atoms with E-state index in [0.717, 1.165) is 11.4 Å². The van der Waals surface area contributed by atoms with Crippen LogP contribution in [0.15, 0.2) is 11.6 Å². The number of aliphatic carboxylic acids is 1. The van der Waals surface area contributed by atoms with Crippen LogP contribution in [0.3, 0.4) is 0 Å². The summed E-state index contributed by atoms with van der Waals surface area (Å²) in [6, 6.07) is -0.259. The summed E-state index contributed by atoms with van der Waals surface area (Å²) < 4.78 is 0. The molecule has 0 radical (unpaired) electrons. The number of hydrogen-bond donors (Lipinski definition) is 3. The number of carboxylic acid groups (broad SMARTS) is 1. The van der Waals surface area contributed by atoms with Crippen LogP contribution in [0, 0.1) is 11.8 Å². The van der Waals surface area contributed by atoms with Crippen LogP contribution >= 0.6 is 11.3 Å². The first-order valence-electron chi connectivity index (χ1n) is 7.09. The summed E-state index contributed by atoms with van der Waals surface area (Å²) in [7, 11) is 0. The first kappa shape index (κ1) is 17.4. The summed E-state index contributed by atoms with van der Waals surface area (Å²) in [5.41, 5.74) is 0. The van der Waals surface area contributed by atoms with Gasteiger partial charge in [0, 0.05) is 37.5 Å². The van der Waals surface area contributed by atoms with E-state index in [1.165, 1.54) is 0 Å². The Morgan fingerprint density at radius 3 is 2.71 bits per heavy atom. The van der Waals surface area contributed by atoms with Gasteiger partial charge >= 0.3 is 12.0 Å². The van der Waals surface area contributed by atoms with Gasteiger partial charge in [0.25, 0.3) is 0 Å². The molecule has 0 aliphatic heterocycles. The molecule has 0 fully saturated rings. The average molecular weight is 313 g/mol. The van der Waals surface area contributed by atoms with Crippen molar-refractivity contribution >= 4 is 23.3 Å². The summed E-state index contributed by atoms with van der Waals surface area (Å²) in [6.07, 6.45) is 3.31. The lowest BCUT2D eigenvalue weighted by molar-refractivity contribution is -0.138. The highest BCUT2D eigenvalue weighted by molar-refractivity contribution is 7.09. The molecule has 0 saturated heterocycles. The smallest absolute Gasteiger partial charge is 0.314 e. The van der Waals surface area contributed by atoms with Gasteiger partial charge in [0.2, 0.25) is 0 Å². The molecule has 118 valence electrons. The second kappa shape index (κ2) is 9.33. The van der Waals surface area contributed by atoms with Crippen LogP contribution < -0.4 is 10.6 Å². The Morgan fingerprint density at radius 1 is 1.38 bits per heavy atom. The van der Waals surface area contributed by atoms with Gasteiger partial charge in [0.1, 0.15) is 0 Å². The number of carboxylic acids is 1. The summed E-state index contributed by atoms with van der Waals surface area (Å²) in [5.74, 6) is -0.456. The zero-order chi connectivity index (χ0) is 15.7. The van der Waals surface area contributed by atoms with Crippen LogP contribution in [0.5, 0.6) is 0 Å². The summed E-state index contributed by atoms with van der Waals surface area (Å²) in [5, 5.41) is 17.3. The fourth-order valence-electron chi connectivity index (χ4n) is 2.11. The molecule has 0 spiro atoms. The highest BCUT2D eigenvalue weighted by Crippen LogP contribution is 2.14. The van der Waals surface area contributed by atoms with E-state index in [9.17, 15) is 9.59 Å². The minimum atomic E-state index is -0.827. The van der Waals surface area contributed by atoms with Crippen molar-refractivity contribution in [3.63, 3.8) is 0 Å². The fourth-order valence-corrected chi connectivity index (χ4v) is 2.73. The number of nitrogens with zero attached hydrogens (tertiary/aromatic N) is 1. The second-order valence-corrected chi connectivity index (χ2v) is 6.39. The quantitative estimate of drug-likeness (QED) is 0.651. The van der Waals surface area contributed by atoms with Crippen molar-refractivity contribution in [2.24, 2.45) is 11.8 Å². The lowest BCUT2D eigenvalue weighted by Gasteiger charge is -2.18. The molecule has 1 atom stereocenters. The fraction of sp³-hybridized carbons (Fsp3) is 0.643. The number of carbonyl (C=O) groups is 2. The lowest BCUT2D eigenvalue weighted by atomic mass is 9.94. The average Bonchev–Trinajstić information content (AvgIpc) is 2.88. The van der Waals surface area contributed by atoms with Crippen molar-refractivity contribution in [3.8, 4) is 0 Å². The lowest BCUT2D eigenvalue weighted by Crippen LogP contribution is -2.39. The van der Waals surface area contributed by atoms with Gasteiger partial charge < -0.3 is 15.7 Å². The van der Waals surface area contributed by atoms with E-state index in [2.05, 4.69) is 15.6 Å². The van der Waals surface area contributed by atoms with Gasteiger partial charge in [-0.25, -0.2) is 9.78 Å². The van der Waals surface area contributed by atoms with Crippen molar-refractivity contribution < 1.29 is 14.7 Å². The van der Waals surface area contributed by atoms with Gasteiger partial charge in [-0.2, -0.15) is 0 Å². The van der Waals surface area contributed by atoms with Gasteiger partial charge in [-0.3, -0.25) is 4.79 Å². The minimum absolute atomic E-state index is 0.0350. The molecule has 21 heavy (non-hydrogen) atoms. The van der Waals surface area contributed by atoms with Crippen molar-refractivity contribution in [1.29, 1.82) is 0 Å². The monoisotopic (exact) mass is 313 g/mol. The van der Waals surface area contributed by atoms with Crippen LogP contribution in [-0.4, -0.2) is 35.2 Å². The van der Waals surface area contributed by atoms with E-state index < -0.39 is 5.97 Å². The number of carbonyl (C=O) groups excluding carboxylic acids is 1. The van der Waals surface area contributed by atoms with Crippen molar-refractivity contribution in [1.82, 2.24) is 15.6 Å². The maximum atomic E-state index is 11.7. The van der Waals surface area contributed by atoms with Gasteiger partial charge in [-0.1, -0.05) is 13.8 Å². The minimum Gasteiger partial charge on any atom is -0.481 e. The van der Waals surface area contributed by atoms with Gasteiger partial charge in [-0.05, 0) is 18.3 Å². The first-order chi connectivity index (χ1) is 9.97. The molecule has 0 unspecified atom stereocenters. The molecule has 0 aromatic carbocycles. The number of amides is 2. The predicted molar refractivity (Wildman–Crippen MR) is 82.4 cm³/mol. The second-order valence-electron chi connectivity index (χ2n) is 5.41. The first-order valence-corrected chi connectivity index (χ1v) is 7.97. The molecule has 0 bridgehead atoms. The topological polar surface area (TPSA) is 91.3 Å². The van der Waals surface area contributed by atoms with Crippen LogP contribution in [0.25, 0.3) is 0 Å². The van der Waals surface area contributed by atoms with Crippen LogP contribution in [0.4, 0.5) is 4.79 Å². The molecule has 6 nitrogen and oxygen atoms in total. The highest BCUT2D eigenvalue weighted by atomic mass is 32.1. The Morgan fingerprint density at radius 2 is 2.14 bits per heavy atom. The van der Waals surface area contributed by atoms with E-state index in [4.69, 9.17) is 5.11 Å². The molecule has 0 aliphatic rings. The molecule has 0 aliphatic carbocycles. The third-order valence-electron chi connectivity index (χ3n) is 2.93. The molecule has 1 aromatic heterocycles. The molecular formula is C14H23N3O3S. The molecule has 0 saturated carbocycles. The van der Waals surface area contributed by atoms with Crippen LogP contribution in [-0.2, 0) is 11.2 Å². The van der Waals surface area contributed by atoms with E-state index in [-0.39, 0.29) is 18.4 Å². The normalized spacial score (nSPS) is 12.1. The Bertz CT molecular complexity index is 435. The van der Waals surface area contributed by atoms with Gasteiger partial charge in [0.05, 0.1) is 5.01 Å². The number of hydrogen-bond acceptors (Lipinski definition) is 4. The zero-order valence-corrected chi connectivity index (χ0v) is 13.3. The molecule has 7 heteroatoms. The Kier molecular flexibility index (Phi) is 7.74. The Hall–Kier alpha value is -1.63. The summed E-state index contributed by atoms with van der Waals surface area (Å²) >= 11 is 1.56. The summed E-state index contributed by atoms with van der Waals surface area (Å²) in [4.78, 5) is 26.6. The SMILES string of the molecule is CC(C)C[C@H](CNC(=O)NCCc1nccs1)CC(=O)O. The largest absolute Gasteiger partial charge is 0.481 e. The van der Waals surface area contributed by atoms with Crippen molar-refractivity contribution in [2.75, 3.05) is 13.1 Å². The Labute approximate surface area is 129 Å².